The monoisotopic (exact) mass is 480 g/mol. The van der Waals surface area contributed by atoms with Crippen LogP contribution in [0.1, 0.15) is 27.3 Å². The Morgan fingerprint density at radius 1 is 0.879 bits per heavy atom. The van der Waals surface area contributed by atoms with Crippen LogP contribution in [-0.2, 0) is 10.0 Å². The third-order valence-electron chi connectivity index (χ3n) is 5.19. The number of anilines is 2. The topological polar surface area (TPSA) is 101 Å². The van der Waals surface area contributed by atoms with Gasteiger partial charge in [0.25, 0.3) is 15.9 Å². The summed E-state index contributed by atoms with van der Waals surface area (Å²) >= 11 is 6.09. The molecule has 0 bridgehead atoms. The number of aryl methyl sites for hydroxylation is 3. The van der Waals surface area contributed by atoms with E-state index in [4.69, 9.17) is 11.6 Å². The van der Waals surface area contributed by atoms with Crippen molar-refractivity contribution in [2.45, 2.75) is 25.7 Å². The molecule has 33 heavy (non-hydrogen) atoms. The van der Waals surface area contributed by atoms with Crippen LogP contribution in [0.2, 0.25) is 5.02 Å². The van der Waals surface area contributed by atoms with Crippen LogP contribution in [0.4, 0.5) is 11.4 Å². The Kier molecular flexibility index (Phi) is 6.05. The van der Waals surface area contributed by atoms with Gasteiger partial charge in [0.1, 0.15) is 0 Å². The molecule has 4 rings (SSSR count). The number of para-hydroxylation sites is 1. The van der Waals surface area contributed by atoms with Crippen LogP contribution in [0.5, 0.6) is 0 Å². The summed E-state index contributed by atoms with van der Waals surface area (Å²) in [6.07, 6.45) is 0. The Hall–Kier alpha value is -3.49. The van der Waals surface area contributed by atoms with Crippen LogP contribution in [0.15, 0.2) is 65.6 Å². The van der Waals surface area contributed by atoms with E-state index in [9.17, 15) is 13.2 Å². The highest BCUT2D eigenvalue weighted by Crippen LogP contribution is 2.27. The number of hydrogen-bond acceptors (Lipinski definition) is 5. The lowest BCUT2D eigenvalue weighted by atomic mass is 10.1. The van der Waals surface area contributed by atoms with Gasteiger partial charge in [-0.05, 0) is 68.8 Å². The lowest BCUT2D eigenvalue weighted by Crippen LogP contribution is -2.16. The van der Waals surface area contributed by atoms with Gasteiger partial charge in [0, 0.05) is 11.3 Å². The zero-order valence-electron chi connectivity index (χ0n) is 18.2. The fourth-order valence-corrected chi connectivity index (χ4v) is 4.88. The molecule has 1 amide bonds. The maximum Gasteiger partial charge on any atom is 0.262 e. The first-order chi connectivity index (χ1) is 15.6. The van der Waals surface area contributed by atoms with Crippen molar-refractivity contribution in [1.29, 1.82) is 0 Å². The third kappa shape index (κ3) is 4.81. The van der Waals surface area contributed by atoms with E-state index in [2.05, 4.69) is 20.0 Å². The van der Waals surface area contributed by atoms with Crippen molar-refractivity contribution in [3.8, 4) is 0 Å². The molecule has 9 heteroatoms. The number of fused-ring (bicyclic) bond motifs is 1. The van der Waals surface area contributed by atoms with Crippen molar-refractivity contribution in [2.75, 3.05) is 10.0 Å². The van der Waals surface area contributed by atoms with E-state index in [1.807, 2.05) is 13.8 Å². The van der Waals surface area contributed by atoms with E-state index in [0.717, 1.165) is 11.4 Å². The van der Waals surface area contributed by atoms with Crippen molar-refractivity contribution >= 4 is 49.9 Å². The number of carbonyl (C=O) groups is 1. The second-order valence-electron chi connectivity index (χ2n) is 7.62. The van der Waals surface area contributed by atoms with Crippen LogP contribution in [0.3, 0.4) is 0 Å². The summed E-state index contributed by atoms with van der Waals surface area (Å²) in [6, 6.07) is 16.3. The Bertz CT molecular complexity index is 1500. The maximum absolute atomic E-state index is 13.0. The first kappa shape index (κ1) is 22.7. The number of benzene rings is 3. The third-order valence-corrected chi connectivity index (χ3v) is 7.03. The minimum Gasteiger partial charge on any atom is -0.322 e. The highest BCUT2D eigenvalue weighted by molar-refractivity contribution is 7.92. The summed E-state index contributed by atoms with van der Waals surface area (Å²) in [4.78, 5) is 21.8. The minimum absolute atomic E-state index is 0.0377. The van der Waals surface area contributed by atoms with E-state index < -0.39 is 10.0 Å². The molecule has 4 aromatic rings. The average Bonchev–Trinajstić information content (AvgIpc) is 2.77. The summed E-state index contributed by atoms with van der Waals surface area (Å²) in [5, 5.41) is 3.04. The van der Waals surface area contributed by atoms with Crippen molar-refractivity contribution in [3.63, 3.8) is 0 Å². The van der Waals surface area contributed by atoms with E-state index in [-0.39, 0.29) is 21.5 Å². The number of nitrogens with zero attached hydrogens (tertiary/aromatic N) is 2. The van der Waals surface area contributed by atoms with Crippen LogP contribution in [-0.4, -0.2) is 24.3 Å². The van der Waals surface area contributed by atoms with E-state index >= 15 is 0 Å². The molecule has 0 radical (unpaired) electrons. The molecule has 0 saturated carbocycles. The molecule has 0 unspecified atom stereocenters. The molecular formula is C24H21ClN4O3S. The Morgan fingerprint density at radius 2 is 1.58 bits per heavy atom. The molecule has 0 spiro atoms. The Morgan fingerprint density at radius 3 is 2.30 bits per heavy atom. The maximum atomic E-state index is 13.0. The van der Waals surface area contributed by atoms with Gasteiger partial charge >= 0.3 is 0 Å². The second kappa shape index (κ2) is 8.80. The van der Waals surface area contributed by atoms with Gasteiger partial charge in [-0.1, -0.05) is 29.8 Å². The average molecular weight is 481 g/mol. The normalized spacial score (nSPS) is 11.4. The molecule has 7 nitrogen and oxygen atoms in total. The fraction of sp³-hybridized carbons (Fsp3) is 0.125. The van der Waals surface area contributed by atoms with Crippen LogP contribution >= 0.6 is 11.6 Å². The summed E-state index contributed by atoms with van der Waals surface area (Å²) < 4.78 is 28.5. The molecule has 0 atom stereocenters. The quantitative estimate of drug-likeness (QED) is 0.405. The number of hydrogen-bond donors (Lipinski definition) is 2. The SMILES string of the molecule is Cc1ccc(NC(=O)c2ccc3nc(C)c(C)nc3c2)cc1S(=O)(=O)Nc1ccccc1Cl. The Balaban J connectivity index is 1.61. The number of carbonyl (C=O) groups excluding carboxylic acids is 1. The van der Waals surface area contributed by atoms with Crippen molar-refractivity contribution < 1.29 is 13.2 Å². The van der Waals surface area contributed by atoms with Crippen molar-refractivity contribution in [3.05, 3.63) is 88.2 Å². The Labute approximate surface area is 196 Å². The van der Waals surface area contributed by atoms with Gasteiger partial charge in [-0.15, -0.1) is 0 Å². The minimum atomic E-state index is -3.93. The first-order valence-electron chi connectivity index (χ1n) is 10.1. The van der Waals surface area contributed by atoms with Gasteiger partial charge in [-0.2, -0.15) is 0 Å². The summed E-state index contributed by atoms with van der Waals surface area (Å²) in [7, 11) is -3.93. The molecule has 0 aliphatic heterocycles. The lowest BCUT2D eigenvalue weighted by Gasteiger charge is -2.13. The summed E-state index contributed by atoms with van der Waals surface area (Å²) in [6.45, 7) is 5.42. The van der Waals surface area contributed by atoms with Gasteiger partial charge in [-0.3, -0.25) is 9.52 Å². The molecule has 0 fully saturated rings. The molecule has 0 aliphatic rings. The number of halogens is 1. The molecule has 3 aromatic carbocycles. The molecule has 0 aliphatic carbocycles. The zero-order chi connectivity index (χ0) is 23.8. The van der Waals surface area contributed by atoms with Crippen molar-refractivity contribution in [2.24, 2.45) is 0 Å². The fourth-order valence-electron chi connectivity index (χ4n) is 3.29. The van der Waals surface area contributed by atoms with Crippen LogP contribution in [0.25, 0.3) is 11.0 Å². The number of amides is 1. The highest BCUT2D eigenvalue weighted by Gasteiger charge is 2.19. The molecular weight excluding hydrogens is 460 g/mol. The predicted octanol–water partition coefficient (Wildman–Crippen LogP) is 5.26. The largest absolute Gasteiger partial charge is 0.322 e. The van der Waals surface area contributed by atoms with Gasteiger partial charge in [0.05, 0.1) is 38.0 Å². The number of rotatable bonds is 5. The standard InChI is InChI=1S/C24H21ClN4O3S/c1-14-8-10-18(13-23(14)33(31,32)29-20-7-5-4-6-19(20)25)28-24(30)17-9-11-21-22(12-17)27-16(3)15(2)26-21/h4-13,29H,1-3H3,(H,28,30). The number of aromatic nitrogens is 2. The molecule has 0 saturated heterocycles. The highest BCUT2D eigenvalue weighted by atomic mass is 35.5. The summed E-state index contributed by atoms with van der Waals surface area (Å²) in [5.41, 5.74) is 4.47. The smallest absolute Gasteiger partial charge is 0.262 e. The van der Waals surface area contributed by atoms with E-state index in [0.29, 0.717) is 27.8 Å². The molecule has 1 heterocycles. The second-order valence-corrected chi connectivity index (χ2v) is 9.68. The zero-order valence-corrected chi connectivity index (χ0v) is 19.8. The van der Waals surface area contributed by atoms with Crippen LogP contribution in [0, 0.1) is 20.8 Å². The number of nitrogens with one attached hydrogen (secondary N) is 2. The molecule has 2 N–H and O–H groups in total. The van der Waals surface area contributed by atoms with E-state index in [1.165, 1.54) is 6.07 Å². The number of sulfonamides is 1. The molecule has 168 valence electrons. The lowest BCUT2D eigenvalue weighted by molar-refractivity contribution is 0.102. The molecule has 1 aromatic heterocycles. The van der Waals surface area contributed by atoms with Gasteiger partial charge in [-0.25, -0.2) is 18.4 Å². The van der Waals surface area contributed by atoms with E-state index in [1.54, 1.807) is 61.5 Å². The first-order valence-corrected chi connectivity index (χ1v) is 11.9. The van der Waals surface area contributed by atoms with Crippen LogP contribution < -0.4 is 10.0 Å². The van der Waals surface area contributed by atoms with Gasteiger partial charge < -0.3 is 5.32 Å². The van der Waals surface area contributed by atoms with Crippen molar-refractivity contribution in [1.82, 2.24) is 9.97 Å². The van der Waals surface area contributed by atoms with Gasteiger partial charge in [0.15, 0.2) is 0 Å². The van der Waals surface area contributed by atoms with Gasteiger partial charge in [0.2, 0.25) is 0 Å². The predicted molar refractivity (Wildman–Crippen MR) is 130 cm³/mol. The summed E-state index contributed by atoms with van der Waals surface area (Å²) in [5.74, 6) is -0.386.